The first kappa shape index (κ1) is 18.1. The van der Waals surface area contributed by atoms with Gasteiger partial charge in [-0.2, -0.15) is 9.61 Å². The molecule has 4 rings (SSSR count). The number of methoxy groups -OCH3 is 2. The van der Waals surface area contributed by atoms with Gasteiger partial charge in [0.2, 0.25) is 10.8 Å². The molecule has 144 valence electrons. The number of likely N-dealkylation sites (tertiary alicyclic amines) is 1. The summed E-state index contributed by atoms with van der Waals surface area (Å²) in [6.07, 6.45) is 3.84. The predicted octanol–water partition coefficient (Wildman–Crippen LogP) is 3.33. The van der Waals surface area contributed by atoms with Crippen molar-refractivity contribution >= 4 is 16.3 Å². The number of fused-ring (bicyclic) bond motifs is 1. The van der Waals surface area contributed by atoms with Crippen LogP contribution in [0.25, 0.3) is 4.96 Å². The Balaban J connectivity index is 1.83. The summed E-state index contributed by atoms with van der Waals surface area (Å²) in [6.45, 7) is 4.24. The third-order valence-corrected chi connectivity index (χ3v) is 6.25. The lowest BCUT2D eigenvalue weighted by atomic mass is 9.95. The van der Waals surface area contributed by atoms with E-state index in [9.17, 15) is 5.11 Å². The molecule has 0 aliphatic carbocycles. The predicted molar refractivity (Wildman–Crippen MR) is 104 cm³/mol. The highest BCUT2D eigenvalue weighted by Crippen LogP contribution is 2.43. The van der Waals surface area contributed by atoms with Gasteiger partial charge >= 0.3 is 0 Å². The number of rotatable bonds is 5. The van der Waals surface area contributed by atoms with Gasteiger partial charge in [0, 0.05) is 6.54 Å². The summed E-state index contributed by atoms with van der Waals surface area (Å²) in [5, 5.41) is 15.0. The Bertz CT molecular complexity index is 938. The Morgan fingerprint density at radius 3 is 2.78 bits per heavy atom. The van der Waals surface area contributed by atoms with E-state index in [-0.39, 0.29) is 11.9 Å². The van der Waals surface area contributed by atoms with E-state index in [1.165, 1.54) is 28.6 Å². The van der Waals surface area contributed by atoms with Crippen molar-refractivity contribution in [1.29, 1.82) is 0 Å². The number of nitrogens with zero attached hydrogens (tertiary/aromatic N) is 4. The second-order valence-electron chi connectivity index (χ2n) is 7.00. The lowest BCUT2D eigenvalue weighted by Crippen LogP contribution is -2.37. The Kier molecular flexibility index (Phi) is 4.92. The first-order valence-corrected chi connectivity index (χ1v) is 9.91. The summed E-state index contributed by atoms with van der Waals surface area (Å²) in [4.78, 5) is 8.22. The Morgan fingerprint density at radius 1 is 1.26 bits per heavy atom. The molecule has 2 aromatic heterocycles. The summed E-state index contributed by atoms with van der Waals surface area (Å²) in [7, 11) is 3.27. The van der Waals surface area contributed by atoms with Crippen LogP contribution in [0.3, 0.4) is 0 Å². The summed E-state index contributed by atoms with van der Waals surface area (Å²) in [5.74, 6) is 2.15. The normalized spacial score (nSPS) is 19.3. The van der Waals surface area contributed by atoms with Crippen LogP contribution in [0.15, 0.2) is 24.5 Å². The fourth-order valence-electron chi connectivity index (χ4n) is 3.88. The van der Waals surface area contributed by atoms with Crippen LogP contribution in [-0.4, -0.2) is 51.9 Å². The zero-order valence-corrected chi connectivity index (χ0v) is 16.6. The zero-order chi connectivity index (χ0) is 19.0. The maximum Gasteiger partial charge on any atom is 0.230 e. The van der Waals surface area contributed by atoms with Gasteiger partial charge in [0.25, 0.3) is 0 Å². The van der Waals surface area contributed by atoms with Crippen molar-refractivity contribution in [2.45, 2.75) is 25.8 Å². The van der Waals surface area contributed by atoms with E-state index >= 15 is 0 Å². The number of piperidine rings is 1. The average Bonchev–Trinajstić information content (AvgIpc) is 3.25. The number of aromatic nitrogens is 3. The van der Waals surface area contributed by atoms with Crippen LogP contribution in [-0.2, 0) is 0 Å². The second-order valence-corrected chi connectivity index (χ2v) is 8.01. The Labute approximate surface area is 162 Å². The lowest BCUT2D eigenvalue weighted by Gasteiger charge is -2.37. The molecule has 27 heavy (non-hydrogen) atoms. The summed E-state index contributed by atoms with van der Waals surface area (Å²) < 4.78 is 12.4. The highest BCUT2D eigenvalue weighted by molar-refractivity contribution is 7.17. The molecule has 0 amide bonds. The van der Waals surface area contributed by atoms with Gasteiger partial charge in [-0.05, 0) is 43.0 Å². The molecule has 1 aromatic carbocycles. The fourth-order valence-corrected chi connectivity index (χ4v) is 4.97. The average molecular weight is 388 g/mol. The van der Waals surface area contributed by atoms with E-state index in [1.54, 1.807) is 14.2 Å². The highest BCUT2D eigenvalue weighted by Gasteiger charge is 2.32. The van der Waals surface area contributed by atoms with E-state index < -0.39 is 0 Å². The smallest absolute Gasteiger partial charge is 0.230 e. The fraction of sp³-hybridized carbons (Fsp3) is 0.474. The van der Waals surface area contributed by atoms with Gasteiger partial charge in [0.15, 0.2) is 11.5 Å². The molecule has 7 nitrogen and oxygen atoms in total. The maximum atomic E-state index is 10.8. The minimum Gasteiger partial charge on any atom is -0.493 e. The van der Waals surface area contributed by atoms with Crippen molar-refractivity contribution in [2.24, 2.45) is 5.92 Å². The number of benzene rings is 1. The van der Waals surface area contributed by atoms with Crippen molar-refractivity contribution in [3.63, 3.8) is 0 Å². The third kappa shape index (κ3) is 3.23. The van der Waals surface area contributed by atoms with E-state index in [2.05, 4.69) is 21.9 Å². The molecule has 8 heteroatoms. The van der Waals surface area contributed by atoms with Gasteiger partial charge in [-0.3, -0.25) is 4.90 Å². The molecule has 1 aliphatic rings. The third-order valence-electron chi connectivity index (χ3n) is 5.16. The Hall–Kier alpha value is -2.32. The number of aromatic hydroxyl groups is 1. The first-order valence-electron chi connectivity index (χ1n) is 9.09. The monoisotopic (exact) mass is 388 g/mol. The summed E-state index contributed by atoms with van der Waals surface area (Å²) in [6, 6.07) is 5.88. The maximum absolute atomic E-state index is 10.8. The zero-order valence-electron chi connectivity index (χ0n) is 15.8. The van der Waals surface area contributed by atoms with Crippen molar-refractivity contribution in [3.05, 3.63) is 35.0 Å². The van der Waals surface area contributed by atoms with Crippen LogP contribution in [0.1, 0.15) is 36.2 Å². The van der Waals surface area contributed by atoms with Crippen molar-refractivity contribution < 1.29 is 14.6 Å². The van der Waals surface area contributed by atoms with E-state index in [0.29, 0.717) is 22.4 Å². The van der Waals surface area contributed by atoms with Crippen LogP contribution in [0, 0.1) is 5.92 Å². The molecule has 1 aliphatic heterocycles. The van der Waals surface area contributed by atoms with Gasteiger partial charge < -0.3 is 14.6 Å². The number of thiazole rings is 1. The molecule has 0 saturated carbocycles. The minimum atomic E-state index is -0.0824. The van der Waals surface area contributed by atoms with Gasteiger partial charge in [-0.25, -0.2) is 4.98 Å². The molecule has 1 saturated heterocycles. The van der Waals surface area contributed by atoms with E-state index in [4.69, 9.17) is 9.47 Å². The molecule has 0 bridgehead atoms. The molecule has 3 aromatic rings. The largest absolute Gasteiger partial charge is 0.493 e. The summed E-state index contributed by atoms with van der Waals surface area (Å²) in [5.41, 5.74) is 1.06. The van der Waals surface area contributed by atoms with Gasteiger partial charge in [0.05, 0.1) is 25.1 Å². The lowest BCUT2D eigenvalue weighted by molar-refractivity contribution is 0.149. The van der Waals surface area contributed by atoms with E-state index in [0.717, 1.165) is 30.0 Å². The second kappa shape index (κ2) is 7.36. The molecular formula is C19H24N4O3S. The van der Waals surface area contributed by atoms with Gasteiger partial charge in [-0.15, -0.1) is 0 Å². The van der Waals surface area contributed by atoms with Crippen LogP contribution in [0.5, 0.6) is 17.4 Å². The van der Waals surface area contributed by atoms with Crippen molar-refractivity contribution in [2.75, 3.05) is 27.3 Å². The molecular weight excluding hydrogens is 364 g/mol. The molecule has 0 radical (unpaired) electrons. The highest BCUT2D eigenvalue weighted by atomic mass is 32.1. The van der Waals surface area contributed by atoms with Gasteiger partial charge in [0.1, 0.15) is 6.33 Å². The number of ether oxygens (including phenoxy) is 2. The topological polar surface area (TPSA) is 72.1 Å². The molecule has 1 N–H and O–H groups in total. The molecule has 2 atom stereocenters. The quantitative estimate of drug-likeness (QED) is 0.723. The van der Waals surface area contributed by atoms with Crippen molar-refractivity contribution in [3.8, 4) is 17.4 Å². The van der Waals surface area contributed by atoms with Crippen LogP contribution < -0.4 is 9.47 Å². The number of hydrogen-bond acceptors (Lipinski definition) is 7. The van der Waals surface area contributed by atoms with E-state index in [1.807, 2.05) is 18.2 Å². The summed E-state index contributed by atoms with van der Waals surface area (Å²) >= 11 is 1.48. The molecule has 0 spiro atoms. The molecule has 3 heterocycles. The van der Waals surface area contributed by atoms with Crippen LogP contribution in [0.4, 0.5) is 0 Å². The SMILES string of the molecule is COc1ccc([C@@H](c2sc3ncnn3c2O)N2CCC[C@H](C)C2)cc1OC. The molecule has 0 unspecified atom stereocenters. The minimum absolute atomic E-state index is 0.0824. The Morgan fingerprint density at radius 2 is 2.07 bits per heavy atom. The van der Waals surface area contributed by atoms with Crippen LogP contribution in [0.2, 0.25) is 0 Å². The van der Waals surface area contributed by atoms with Crippen LogP contribution >= 0.6 is 11.3 Å². The first-order chi connectivity index (χ1) is 13.1. The molecule has 1 fully saturated rings. The number of hydrogen-bond donors (Lipinski definition) is 1. The van der Waals surface area contributed by atoms with Gasteiger partial charge in [-0.1, -0.05) is 24.3 Å². The standard InChI is InChI=1S/C19H24N4O3S/c1-12-5-4-8-22(10-12)16(13-6-7-14(25-2)15(9-13)26-3)17-18(24)23-19(27-17)20-11-21-23/h6-7,9,11-12,16,24H,4-5,8,10H2,1-3H3/t12-,16-/m0/s1. The van der Waals surface area contributed by atoms with Crippen molar-refractivity contribution in [1.82, 2.24) is 19.5 Å².